The van der Waals surface area contributed by atoms with Gasteiger partial charge in [-0.1, -0.05) is 24.3 Å². The van der Waals surface area contributed by atoms with Crippen LogP contribution in [0.4, 0.5) is 0 Å². The molecule has 1 aromatic rings. The first kappa shape index (κ1) is 16.1. The van der Waals surface area contributed by atoms with Gasteiger partial charge in [0.1, 0.15) is 9.84 Å². The average molecular weight is 284 g/mol. The average Bonchev–Trinajstić information content (AvgIpc) is 2.30. The molecule has 0 spiro atoms. The molecule has 0 atom stereocenters. The number of likely N-dealkylation sites (N-methyl/N-ethyl adjacent to an activating group) is 1. The van der Waals surface area contributed by atoms with Gasteiger partial charge in [-0.3, -0.25) is 0 Å². The van der Waals surface area contributed by atoms with Gasteiger partial charge in [0.15, 0.2) is 0 Å². The SMILES string of the molecule is Cc1ccccc1CN(C)CCNCCS(C)(=O)=O. The second-order valence-corrected chi connectivity index (χ2v) is 7.30. The summed E-state index contributed by atoms with van der Waals surface area (Å²) < 4.78 is 21.9. The lowest BCUT2D eigenvalue weighted by molar-refractivity contribution is 0.325. The highest BCUT2D eigenvalue weighted by molar-refractivity contribution is 7.90. The first-order valence-corrected chi connectivity index (χ1v) is 8.56. The maximum atomic E-state index is 11.0. The quantitative estimate of drug-likeness (QED) is 0.725. The van der Waals surface area contributed by atoms with Crippen LogP contribution in [0.15, 0.2) is 24.3 Å². The molecule has 5 heteroatoms. The molecule has 108 valence electrons. The van der Waals surface area contributed by atoms with E-state index in [0.29, 0.717) is 6.54 Å². The lowest BCUT2D eigenvalue weighted by atomic mass is 10.1. The second-order valence-electron chi connectivity index (χ2n) is 5.04. The van der Waals surface area contributed by atoms with Gasteiger partial charge < -0.3 is 10.2 Å². The van der Waals surface area contributed by atoms with E-state index in [9.17, 15) is 8.42 Å². The molecule has 0 aliphatic rings. The van der Waals surface area contributed by atoms with Crippen LogP contribution >= 0.6 is 0 Å². The fraction of sp³-hybridized carbons (Fsp3) is 0.571. The number of nitrogens with zero attached hydrogens (tertiary/aromatic N) is 1. The summed E-state index contributed by atoms with van der Waals surface area (Å²) in [5, 5.41) is 3.15. The first-order chi connectivity index (χ1) is 8.88. The Morgan fingerprint density at radius 3 is 2.53 bits per heavy atom. The molecule has 1 N–H and O–H groups in total. The van der Waals surface area contributed by atoms with E-state index in [1.807, 2.05) is 6.07 Å². The number of benzene rings is 1. The van der Waals surface area contributed by atoms with E-state index in [4.69, 9.17) is 0 Å². The van der Waals surface area contributed by atoms with Crippen LogP contribution in [0.2, 0.25) is 0 Å². The lowest BCUT2D eigenvalue weighted by Crippen LogP contribution is -2.31. The van der Waals surface area contributed by atoms with E-state index in [1.54, 1.807) is 0 Å². The monoisotopic (exact) mass is 284 g/mol. The minimum Gasteiger partial charge on any atom is -0.314 e. The maximum absolute atomic E-state index is 11.0. The van der Waals surface area contributed by atoms with Crippen molar-refractivity contribution in [1.29, 1.82) is 0 Å². The molecule has 1 aromatic carbocycles. The van der Waals surface area contributed by atoms with E-state index in [2.05, 4.69) is 42.4 Å². The Morgan fingerprint density at radius 1 is 1.21 bits per heavy atom. The highest BCUT2D eigenvalue weighted by Gasteiger charge is 2.03. The Morgan fingerprint density at radius 2 is 1.89 bits per heavy atom. The zero-order chi connectivity index (χ0) is 14.3. The van der Waals surface area contributed by atoms with Crippen molar-refractivity contribution in [3.05, 3.63) is 35.4 Å². The van der Waals surface area contributed by atoms with Crippen LogP contribution in [-0.2, 0) is 16.4 Å². The molecule has 0 aliphatic carbocycles. The molecule has 1 rings (SSSR count). The smallest absolute Gasteiger partial charge is 0.148 e. The molecule has 0 saturated heterocycles. The van der Waals surface area contributed by atoms with Crippen LogP contribution in [0.5, 0.6) is 0 Å². The fourth-order valence-electron chi connectivity index (χ4n) is 1.81. The zero-order valence-corrected chi connectivity index (χ0v) is 12.8. The fourth-order valence-corrected chi connectivity index (χ4v) is 2.32. The van der Waals surface area contributed by atoms with Gasteiger partial charge in [-0.25, -0.2) is 8.42 Å². The van der Waals surface area contributed by atoms with Crippen molar-refractivity contribution in [2.45, 2.75) is 13.5 Å². The Balaban J connectivity index is 2.22. The minimum atomic E-state index is -2.86. The molecule has 0 amide bonds. The maximum Gasteiger partial charge on any atom is 0.148 e. The van der Waals surface area contributed by atoms with Gasteiger partial charge >= 0.3 is 0 Å². The van der Waals surface area contributed by atoms with Gasteiger partial charge in [-0.2, -0.15) is 0 Å². The molecule has 0 bridgehead atoms. The van der Waals surface area contributed by atoms with Crippen molar-refractivity contribution >= 4 is 9.84 Å². The van der Waals surface area contributed by atoms with Gasteiger partial charge in [0.2, 0.25) is 0 Å². The Labute approximate surface area is 116 Å². The molecule has 0 radical (unpaired) electrons. The lowest BCUT2D eigenvalue weighted by Gasteiger charge is -2.18. The molecular weight excluding hydrogens is 260 g/mol. The summed E-state index contributed by atoms with van der Waals surface area (Å²) in [5.41, 5.74) is 2.64. The zero-order valence-electron chi connectivity index (χ0n) is 12.0. The molecule has 0 heterocycles. The number of aryl methyl sites for hydroxylation is 1. The molecular formula is C14H24N2O2S. The summed E-state index contributed by atoms with van der Waals surface area (Å²) in [6.07, 6.45) is 1.26. The third-order valence-corrected chi connectivity index (χ3v) is 3.97. The topological polar surface area (TPSA) is 49.4 Å². The predicted octanol–water partition coefficient (Wildman–Crippen LogP) is 1.06. The second kappa shape index (κ2) is 7.62. The normalized spacial score (nSPS) is 12.0. The van der Waals surface area contributed by atoms with Crippen LogP contribution in [0.25, 0.3) is 0 Å². The molecule has 0 aliphatic heterocycles. The van der Waals surface area contributed by atoms with E-state index in [1.165, 1.54) is 17.4 Å². The summed E-state index contributed by atoms with van der Waals surface area (Å²) >= 11 is 0. The Hall–Kier alpha value is -0.910. The van der Waals surface area contributed by atoms with Crippen LogP contribution < -0.4 is 5.32 Å². The molecule has 4 nitrogen and oxygen atoms in total. The highest BCUT2D eigenvalue weighted by Crippen LogP contribution is 2.08. The van der Waals surface area contributed by atoms with E-state index >= 15 is 0 Å². The van der Waals surface area contributed by atoms with Crippen molar-refractivity contribution in [3.8, 4) is 0 Å². The van der Waals surface area contributed by atoms with Crippen LogP contribution in [0.1, 0.15) is 11.1 Å². The minimum absolute atomic E-state index is 0.203. The van der Waals surface area contributed by atoms with Crippen LogP contribution in [0, 0.1) is 6.92 Å². The number of hydrogen-bond donors (Lipinski definition) is 1. The molecule has 0 saturated carbocycles. The standard InChI is InChI=1S/C14H24N2O2S/c1-13-6-4-5-7-14(13)12-16(2)10-8-15-9-11-19(3,17)18/h4-7,15H,8-12H2,1-3H3. The third kappa shape index (κ3) is 7.30. The Bertz CT molecular complexity index is 486. The summed E-state index contributed by atoms with van der Waals surface area (Å²) in [4.78, 5) is 2.23. The molecule has 0 fully saturated rings. The Kier molecular flexibility index (Phi) is 6.48. The van der Waals surface area contributed by atoms with Gasteiger partial charge in [-0.15, -0.1) is 0 Å². The van der Waals surface area contributed by atoms with Crippen molar-refractivity contribution < 1.29 is 8.42 Å². The molecule has 0 unspecified atom stereocenters. The van der Waals surface area contributed by atoms with E-state index < -0.39 is 9.84 Å². The van der Waals surface area contributed by atoms with Crippen LogP contribution in [-0.4, -0.2) is 52.0 Å². The number of rotatable bonds is 8. The van der Waals surface area contributed by atoms with Gasteiger partial charge in [0, 0.05) is 32.4 Å². The number of hydrogen-bond acceptors (Lipinski definition) is 4. The molecule has 0 aromatic heterocycles. The van der Waals surface area contributed by atoms with Crippen molar-refractivity contribution in [1.82, 2.24) is 10.2 Å². The summed E-state index contributed by atoms with van der Waals surface area (Å²) in [6, 6.07) is 8.36. The van der Waals surface area contributed by atoms with Crippen molar-refractivity contribution in [2.75, 3.05) is 38.7 Å². The molecule has 19 heavy (non-hydrogen) atoms. The summed E-state index contributed by atoms with van der Waals surface area (Å²) in [7, 11) is -0.781. The summed E-state index contributed by atoms with van der Waals surface area (Å²) in [5.74, 6) is 0.203. The van der Waals surface area contributed by atoms with Crippen molar-refractivity contribution in [2.24, 2.45) is 0 Å². The first-order valence-electron chi connectivity index (χ1n) is 6.50. The van der Waals surface area contributed by atoms with Gasteiger partial charge in [0.25, 0.3) is 0 Å². The van der Waals surface area contributed by atoms with Gasteiger partial charge in [0.05, 0.1) is 5.75 Å². The highest BCUT2D eigenvalue weighted by atomic mass is 32.2. The summed E-state index contributed by atoms with van der Waals surface area (Å²) in [6.45, 7) is 5.26. The largest absolute Gasteiger partial charge is 0.314 e. The van der Waals surface area contributed by atoms with Crippen LogP contribution in [0.3, 0.4) is 0 Å². The third-order valence-electron chi connectivity index (χ3n) is 3.02. The number of nitrogens with one attached hydrogen (secondary N) is 1. The van der Waals surface area contributed by atoms with Gasteiger partial charge in [-0.05, 0) is 25.1 Å². The predicted molar refractivity (Wildman–Crippen MR) is 80.1 cm³/mol. The van der Waals surface area contributed by atoms with Crippen molar-refractivity contribution in [3.63, 3.8) is 0 Å². The van der Waals surface area contributed by atoms with E-state index in [-0.39, 0.29) is 5.75 Å². The van der Waals surface area contributed by atoms with E-state index in [0.717, 1.165) is 19.6 Å². The number of sulfone groups is 1.